The number of hydrogen-bond donors (Lipinski definition) is 2. The first-order chi connectivity index (χ1) is 9.19. The van der Waals surface area contributed by atoms with Crippen molar-refractivity contribution in [1.29, 1.82) is 0 Å². The smallest absolute Gasteiger partial charge is 0.222 e. The number of carbonyl (C=O) groups excluding carboxylic acids is 1. The van der Waals surface area contributed by atoms with E-state index in [2.05, 4.69) is 5.32 Å². The van der Waals surface area contributed by atoms with Gasteiger partial charge in [-0.2, -0.15) is 0 Å². The molecule has 1 heterocycles. The van der Waals surface area contributed by atoms with Crippen molar-refractivity contribution in [2.24, 2.45) is 0 Å². The second-order valence-electron chi connectivity index (χ2n) is 5.31. The second kappa shape index (κ2) is 9.28. The topological polar surface area (TPSA) is 61.8 Å². The van der Waals surface area contributed by atoms with Crippen LogP contribution in [0, 0.1) is 0 Å². The number of methoxy groups -OCH3 is 1. The molecule has 0 saturated carbocycles. The number of aliphatic hydroxyl groups is 1. The number of likely N-dealkylation sites (tertiary alicyclic amines) is 1. The number of nitrogens with one attached hydrogen (secondary N) is 1. The fourth-order valence-electron chi connectivity index (χ4n) is 2.62. The van der Waals surface area contributed by atoms with Gasteiger partial charge >= 0.3 is 0 Å². The van der Waals surface area contributed by atoms with Gasteiger partial charge in [0.25, 0.3) is 0 Å². The molecule has 2 N–H and O–H groups in total. The van der Waals surface area contributed by atoms with Crippen LogP contribution < -0.4 is 5.32 Å². The van der Waals surface area contributed by atoms with Gasteiger partial charge in [-0.25, -0.2) is 0 Å². The SMILES string of the molecule is CNCCCCCCC(=O)N1C[C@H](O)C[C@H]1COC. The number of ether oxygens (including phenoxy) is 1. The highest BCUT2D eigenvalue weighted by atomic mass is 16.5. The van der Waals surface area contributed by atoms with Gasteiger partial charge in [-0.15, -0.1) is 0 Å². The molecule has 1 aliphatic heterocycles. The second-order valence-corrected chi connectivity index (χ2v) is 5.31. The molecule has 1 rings (SSSR count). The normalized spacial score (nSPS) is 23.0. The van der Waals surface area contributed by atoms with E-state index < -0.39 is 0 Å². The molecule has 0 bridgehead atoms. The molecule has 0 radical (unpaired) electrons. The number of hydrogen-bond acceptors (Lipinski definition) is 4. The molecule has 1 aliphatic rings. The van der Waals surface area contributed by atoms with Gasteiger partial charge in [0, 0.05) is 20.1 Å². The molecule has 0 unspecified atom stereocenters. The van der Waals surface area contributed by atoms with Crippen LogP contribution in [0.25, 0.3) is 0 Å². The molecule has 0 spiro atoms. The highest BCUT2D eigenvalue weighted by Gasteiger charge is 2.33. The van der Waals surface area contributed by atoms with E-state index in [4.69, 9.17) is 4.74 Å². The lowest BCUT2D eigenvalue weighted by molar-refractivity contribution is -0.133. The van der Waals surface area contributed by atoms with Crippen molar-refractivity contribution in [3.8, 4) is 0 Å². The van der Waals surface area contributed by atoms with Crippen LogP contribution in [0.15, 0.2) is 0 Å². The maximum Gasteiger partial charge on any atom is 0.222 e. The number of nitrogens with zero attached hydrogens (tertiary/aromatic N) is 1. The van der Waals surface area contributed by atoms with Gasteiger partial charge < -0.3 is 20.1 Å². The zero-order valence-electron chi connectivity index (χ0n) is 12.2. The molecule has 5 heteroatoms. The van der Waals surface area contributed by atoms with Crippen molar-refractivity contribution in [2.45, 2.75) is 50.7 Å². The quantitative estimate of drug-likeness (QED) is 0.609. The minimum atomic E-state index is -0.389. The third kappa shape index (κ3) is 5.89. The average molecular weight is 272 g/mol. The van der Waals surface area contributed by atoms with E-state index >= 15 is 0 Å². The molecule has 2 atom stereocenters. The fourth-order valence-corrected chi connectivity index (χ4v) is 2.62. The van der Waals surface area contributed by atoms with Crippen molar-refractivity contribution in [1.82, 2.24) is 10.2 Å². The van der Waals surface area contributed by atoms with E-state index in [1.165, 1.54) is 6.42 Å². The van der Waals surface area contributed by atoms with Gasteiger partial charge in [0.05, 0.1) is 18.8 Å². The van der Waals surface area contributed by atoms with Gasteiger partial charge in [-0.1, -0.05) is 12.8 Å². The van der Waals surface area contributed by atoms with Crippen LogP contribution in [0.2, 0.25) is 0 Å². The Morgan fingerprint density at radius 1 is 1.37 bits per heavy atom. The monoisotopic (exact) mass is 272 g/mol. The van der Waals surface area contributed by atoms with E-state index in [0.29, 0.717) is 26.0 Å². The van der Waals surface area contributed by atoms with Crippen LogP contribution in [0.1, 0.15) is 38.5 Å². The summed E-state index contributed by atoms with van der Waals surface area (Å²) in [7, 11) is 3.59. The summed E-state index contributed by atoms with van der Waals surface area (Å²) in [5.74, 6) is 0.159. The van der Waals surface area contributed by atoms with Crippen LogP contribution in [0.4, 0.5) is 0 Å². The summed E-state index contributed by atoms with van der Waals surface area (Å²) in [5.41, 5.74) is 0. The molecule has 0 aromatic heterocycles. The third-order valence-electron chi connectivity index (χ3n) is 3.64. The molecular formula is C14H28N2O3. The van der Waals surface area contributed by atoms with Crippen LogP contribution >= 0.6 is 0 Å². The molecule has 1 fully saturated rings. The number of aliphatic hydroxyl groups excluding tert-OH is 1. The number of unbranched alkanes of at least 4 members (excludes halogenated alkanes) is 3. The number of rotatable bonds is 9. The van der Waals surface area contributed by atoms with E-state index in [0.717, 1.165) is 25.8 Å². The Hall–Kier alpha value is -0.650. The molecule has 0 aromatic carbocycles. The number of amides is 1. The maximum absolute atomic E-state index is 12.1. The van der Waals surface area contributed by atoms with Crippen molar-refractivity contribution in [3.05, 3.63) is 0 Å². The van der Waals surface area contributed by atoms with Crippen LogP contribution in [-0.2, 0) is 9.53 Å². The van der Waals surface area contributed by atoms with Crippen LogP contribution in [-0.4, -0.2) is 61.9 Å². The van der Waals surface area contributed by atoms with Crippen molar-refractivity contribution < 1.29 is 14.6 Å². The van der Waals surface area contributed by atoms with Gasteiger partial charge in [0.1, 0.15) is 0 Å². The van der Waals surface area contributed by atoms with Crippen molar-refractivity contribution in [3.63, 3.8) is 0 Å². The third-order valence-corrected chi connectivity index (χ3v) is 3.64. The minimum absolute atomic E-state index is 0.0526. The summed E-state index contributed by atoms with van der Waals surface area (Å²) in [6.45, 7) is 2.03. The molecule has 5 nitrogen and oxygen atoms in total. The average Bonchev–Trinajstić information content (AvgIpc) is 2.75. The molecule has 0 aliphatic carbocycles. The maximum atomic E-state index is 12.1. The Balaban J connectivity index is 2.20. The molecule has 0 aromatic rings. The van der Waals surface area contributed by atoms with Gasteiger partial charge in [0.15, 0.2) is 0 Å². The van der Waals surface area contributed by atoms with E-state index in [1.54, 1.807) is 12.0 Å². The minimum Gasteiger partial charge on any atom is -0.391 e. The summed E-state index contributed by atoms with van der Waals surface area (Å²) in [5, 5.41) is 12.8. The highest BCUT2D eigenvalue weighted by Crippen LogP contribution is 2.20. The molecule has 1 saturated heterocycles. The van der Waals surface area contributed by atoms with Crippen LogP contribution in [0.3, 0.4) is 0 Å². The fraction of sp³-hybridized carbons (Fsp3) is 0.929. The summed E-state index contributed by atoms with van der Waals surface area (Å²) in [6, 6.07) is 0.0526. The Kier molecular flexibility index (Phi) is 8.02. The Morgan fingerprint density at radius 2 is 2.11 bits per heavy atom. The molecule has 1 amide bonds. The predicted octanol–water partition coefficient (Wildman–Crippen LogP) is 0.765. The zero-order chi connectivity index (χ0) is 14.1. The lowest BCUT2D eigenvalue weighted by Crippen LogP contribution is -2.38. The van der Waals surface area contributed by atoms with Gasteiger partial charge in [-0.3, -0.25) is 4.79 Å². The first kappa shape index (κ1) is 16.4. The van der Waals surface area contributed by atoms with E-state index in [-0.39, 0.29) is 18.1 Å². The summed E-state index contributed by atoms with van der Waals surface area (Å²) < 4.78 is 5.11. The number of β-amino-alcohol motifs (C(OH)–C–C–N with tert-alkyl or cyclic N) is 1. The zero-order valence-corrected chi connectivity index (χ0v) is 12.2. The number of carbonyl (C=O) groups is 1. The van der Waals surface area contributed by atoms with E-state index in [1.807, 2.05) is 7.05 Å². The van der Waals surface area contributed by atoms with Gasteiger partial charge in [0.2, 0.25) is 5.91 Å². The predicted molar refractivity (Wildman–Crippen MR) is 75.0 cm³/mol. The molecule has 19 heavy (non-hydrogen) atoms. The lowest BCUT2D eigenvalue weighted by Gasteiger charge is -2.23. The molecular weight excluding hydrogens is 244 g/mol. The first-order valence-electron chi connectivity index (χ1n) is 7.30. The molecule has 112 valence electrons. The summed E-state index contributed by atoms with van der Waals surface area (Å²) >= 11 is 0. The van der Waals surface area contributed by atoms with E-state index in [9.17, 15) is 9.90 Å². The Morgan fingerprint density at radius 3 is 2.79 bits per heavy atom. The Labute approximate surface area is 116 Å². The lowest BCUT2D eigenvalue weighted by atomic mass is 10.1. The van der Waals surface area contributed by atoms with Crippen molar-refractivity contribution in [2.75, 3.05) is 33.9 Å². The summed E-state index contributed by atoms with van der Waals surface area (Å²) in [4.78, 5) is 13.9. The Bertz CT molecular complexity index is 261. The largest absolute Gasteiger partial charge is 0.391 e. The summed E-state index contributed by atoms with van der Waals surface area (Å²) in [6.07, 6.45) is 5.21. The van der Waals surface area contributed by atoms with Crippen molar-refractivity contribution >= 4 is 5.91 Å². The highest BCUT2D eigenvalue weighted by molar-refractivity contribution is 5.76. The standard InChI is InChI=1S/C14H28N2O3/c1-15-8-6-4-3-5-7-14(18)16-10-13(17)9-12(16)11-19-2/h12-13,15,17H,3-11H2,1-2H3/t12-,13+/m0/s1. The van der Waals surface area contributed by atoms with Gasteiger partial charge in [-0.05, 0) is 32.9 Å². The van der Waals surface area contributed by atoms with Crippen LogP contribution in [0.5, 0.6) is 0 Å². The first-order valence-corrected chi connectivity index (χ1v) is 7.30.